The van der Waals surface area contributed by atoms with Crippen molar-refractivity contribution in [2.75, 3.05) is 13.1 Å². The molecule has 1 heterocycles. The van der Waals surface area contributed by atoms with Crippen molar-refractivity contribution >= 4 is 0 Å². The van der Waals surface area contributed by atoms with E-state index in [4.69, 9.17) is 4.74 Å². The molecule has 0 aliphatic carbocycles. The molecule has 22 heavy (non-hydrogen) atoms. The molecule has 1 aliphatic heterocycles. The van der Waals surface area contributed by atoms with Gasteiger partial charge in [0.05, 0.1) is 0 Å². The lowest BCUT2D eigenvalue weighted by atomic mass is 9.98. The second kappa shape index (κ2) is 6.93. The summed E-state index contributed by atoms with van der Waals surface area (Å²) in [6.07, 6.45) is 2.01. The molecular formula is C19H22FNO. The van der Waals surface area contributed by atoms with Crippen LogP contribution in [0, 0.1) is 11.7 Å². The van der Waals surface area contributed by atoms with E-state index in [2.05, 4.69) is 11.8 Å². The number of hydrogen-bond acceptors (Lipinski definition) is 2. The van der Waals surface area contributed by atoms with E-state index in [9.17, 15) is 4.39 Å². The van der Waals surface area contributed by atoms with Gasteiger partial charge in [-0.25, -0.2) is 4.39 Å². The largest absolute Gasteiger partial charge is 0.475 e. The van der Waals surface area contributed by atoms with Gasteiger partial charge in [-0.2, -0.15) is 0 Å². The summed E-state index contributed by atoms with van der Waals surface area (Å²) in [6, 6.07) is 16.9. The average molecular weight is 299 g/mol. The Morgan fingerprint density at radius 3 is 2.68 bits per heavy atom. The molecule has 116 valence electrons. The molecule has 1 fully saturated rings. The quantitative estimate of drug-likeness (QED) is 0.823. The van der Waals surface area contributed by atoms with E-state index >= 15 is 0 Å². The van der Waals surface area contributed by atoms with Crippen molar-refractivity contribution in [1.82, 2.24) is 4.90 Å². The summed E-state index contributed by atoms with van der Waals surface area (Å²) in [5, 5.41) is 0. The van der Waals surface area contributed by atoms with Gasteiger partial charge >= 0.3 is 0 Å². The second-order valence-corrected chi connectivity index (χ2v) is 5.91. The predicted molar refractivity (Wildman–Crippen MR) is 86.3 cm³/mol. The summed E-state index contributed by atoms with van der Waals surface area (Å²) in [4.78, 5) is 2.36. The zero-order valence-corrected chi connectivity index (χ0v) is 12.9. The van der Waals surface area contributed by atoms with E-state index in [-0.39, 0.29) is 12.0 Å². The molecule has 1 aliphatic rings. The van der Waals surface area contributed by atoms with Crippen LogP contribution in [0.1, 0.15) is 18.9 Å². The van der Waals surface area contributed by atoms with Crippen LogP contribution in [0.2, 0.25) is 0 Å². The van der Waals surface area contributed by atoms with Crippen molar-refractivity contribution < 1.29 is 9.13 Å². The van der Waals surface area contributed by atoms with Crippen LogP contribution in [0.15, 0.2) is 54.6 Å². The fourth-order valence-electron chi connectivity index (χ4n) is 3.21. The molecule has 0 radical (unpaired) electrons. The number of nitrogens with zero attached hydrogens (tertiary/aromatic N) is 1. The minimum atomic E-state index is -0.153. The summed E-state index contributed by atoms with van der Waals surface area (Å²) in [7, 11) is 0. The van der Waals surface area contributed by atoms with Crippen molar-refractivity contribution in [2.45, 2.75) is 26.0 Å². The maximum Gasteiger partial charge on any atom is 0.152 e. The van der Waals surface area contributed by atoms with Gasteiger partial charge in [0.25, 0.3) is 0 Å². The third-order valence-electron chi connectivity index (χ3n) is 4.27. The topological polar surface area (TPSA) is 12.5 Å². The molecular weight excluding hydrogens is 277 g/mol. The van der Waals surface area contributed by atoms with Gasteiger partial charge in [0.1, 0.15) is 11.6 Å². The Morgan fingerprint density at radius 2 is 1.95 bits per heavy atom. The van der Waals surface area contributed by atoms with Crippen molar-refractivity contribution in [3.63, 3.8) is 0 Å². The summed E-state index contributed by atoms with van der Waals surface area (Å²) < 4.78 is 19.4. The summed E-state index contributed by atoms with van der Waals surface area (Å²) in [6.45, 7) is 4.13. The molecule has 2 atom stereocenters. The standard InChI is InChI=1S/C19H22FNO/c1-2-21-14-16(11-15-7-6-8-17(20)12-15)13-19(21)22-18-9-4-3-5-10-18/h3-10,12,16,19H,2,11,13-14H2,1H3. The van der Waals surface area contributed by atoms with Gasteiger partial charge < -0.3 is 4.74 Å². The van der Waals surface area contributed by atoms with Crippen LogP contribution in [0.3, 0.4) is 0 Å². The van der Waals surface area contributed by atoms with Crippen molar-refractivity contribution in [3.8, 4) is 5.75 Å². The van der Waals surface area contributed by atoms with Gasteiger partial charge in [-0.05, 0) is 48.7 Å². The van der Waals surface area contributed by atoms with Gasteiger partial charge in [-0.1, -0.05) is 37.3 Å². The van der Waals surface area contributed by atoms with Crippen LogP contribution >= 0.6 is 0 Å². The van der Waals surface area contributed by atoms with Gasteiger partial charge in [-0.3, -0.25) is 4.90 Å². The lowest BCUT2D eigenvalue weighted by Crippen LogP contribution is -2.33. The first-order valence-corrected chi connectivity index (χ1v) is 7.95. The Labute approximate surface area is 131 Å². The van der Waals surface area contributed by atoms with Gasteiger partial charge in [-0.15, -0.1) is 0 Å². The first-order valence-electron chi connectivity index (χ1n) is 7.95. The maximum atomic E-state index is 13.3. The fourth-order valence-corrected chi connectivity index (χ4v) is 3.21. The molecule has 3 rings (SSSR count). The van der Waals surface area contributed by atoms with Crippen LogP contribution in [-0.2, 0) is 6.42 Å². The predicted octanol–water partition coefficient (Wildman–Crippen LogP) is 4.12. The molecule has 0 bridgehead atoms. The molecule has 2 unspecified atom stereocenters. The highest BCUT2D eigenvalue weighted by molar-refractivity contribution is 5.21. The SMILES string of the molecule is CCN1CC(Cc2cccc(F)c2)CC1Oc1ccccc1. The van der Waals surface area contributed by atoms with Crippen LogP contribution in [0.4, 0.5) is 4.39 Å². The maximum absolute atomic E-state index is 13.3. The fraction of sp³-hybridized carbons (Fsp3) is 0.368. The zero-order chi connectivity index (χ0) is 15.4. The third kappa shape index (κ3) is 3.66. The smallest absolute Gasteiger partial charge is 0.152 e. The molecule has 2 nitrogen and oxygen atoms in total. The normalized spacial score (nSPS) is 21.9. The van der Waals surface area contributed by atoms with Gasteiger partial charge in [0.15, 0.2) is 6.23 Å². The van der Waals surface area contributed by atoms with E-state index in [1.165, 1.54) is 6.07 Å². The Bertz CT molecular complexity index is 601. The van der Waals surface area contributed by atoms with Crippen LogP contribution in [-0.4, -0.2) is 24.2 Å². The molecule has 2 aromatic carbocycles. The first kappa shape index (κ1) is 15.0. The first-order chi connectivity index (χ1) is 10.7. The number of ether oxygens (including phenoxy) is 1. The zero-order valence-electron chi connectivity index (χ0n) is 12.9. The molecule has 1 saturated heterocycles. The number of halogens is 1. The van der Waals surface area contributed by atoms with E-state index in [1.54, 1.807) is 12.1 Å². The second-order valence-electron chi connectivity index (χ2n) is 5.91. The monoisotopic (exact) mass is 299 g/mol. The Balaban J connectivity index is 1.64. The molecule has 0 saturated carbocycles. The number of hydrogen-bond donors (Lipinski definition) is 0. The van der Waals surface area contributed by atoms with E-state index in [1.807, 2.05) is 36.4 Å². The van der Waals surface area contributed by atoms with Gasteiger partial charge in [0.2, 0.25) is 0 Å². The van der Waals surface area contributed by atoms with Crippen LogP contribution in [0.5, 0.6) is 5.75 Å². The summed E-state index contributed by atoms with van der Waals surface area (Å²) in [5.41, 5.74) is 1.07. The molecule has 0 aromatic heterocycles. The summed E-state index contributed by atoms with van der Waals surface area (Å²) in [5.74, 6) is 1.27. The Morgan fingerprint density at radius 1 is 1.14 bits per heavy atom. The van der Waals surface area contributed by atoms with Crippen molar-refractivity contribution in [2.24, 2.45) is 5.92 Å². The molecule has 3 heteroatoms. The number of benzene rings is 2. The highest BCUT2D eigenvalue weighted by Crippen LogP contribution is 2.28. The van der Waals surface area contributed by atoms with E-state index < -0.39 is 0 Å². The van der Waals surface area contributed by atoms with Crippen LogP contribution < -0.4 is 4.74 Å². The number of para-hydroxylation sites is 1. The van der Waals surface area contributed by atoms with E-state index in [0.29, 0.717) is 5.92 Å². The average Bonchev–Trinajstić information content (AvgIpc) is 2.90. The number of likely N-dealkylation sites (tertiary alicyclic amines) is 1. The van der Waals surface area contributed by atoms with Crippen molar-refractivity contribution in [3.05, 3.63) is 66.0 Å². The minimum absolute atomic E-state index is 0.117. The number of rotatable bonds is 5. The third-order valence-corrected chi connectivity index (χ3v) is 4.27. The highest BCUT2D eigenvalue weighted by atomic mass is 19.1. The van der Waals surface area contributed by atoms with Crippen LogP contribution in [0.25, 0.3) is 0 Å². The van der Waals surface area contributed by atoms with Gasteiger partial charge in [0, 0.05) is 13.0 Å². The van der Waals surface area contributed by atoms with Crippen molar-refractivity contribution in [1.29, 1.82) is 0 Å². The molecule has 2 aromatic rings. The Kier molecular flexibility index (Phi) is 4.74. The highest BCUT2D eigenvalue weighted by Gasteiger charge is 2.32. The minimum Gasteiger partial charge on any atom is -0.475 e. The Hall–Kier alpha value is -1.87. The lowest BCUT2D eigenvalue weighted by molar-refractivity contribution is 0.0650. The molecule has 0 N–H and O–H groups in total. The molecule has 0 amide bonds. The molecule has 0 spiro atoms. The lowest BCUT2D eigenvalue weighted by Gasteiger charge is -2.23. The summed E-state index contributed by atoms with van der Waals surface area (Å²) >= 11 is 0. The van der Waals surface area contributed by atoms with E-state index in [0.717, 1.165) is 37.2 Å².